The Bertz CT molecular complexity index is 1050. The molecule has 0 saturated heterocycles. The summed E-state index contributed by atoms with van der Waals surface area (Å²) in [5, 5.41) is 0.583. The molecule has 1 aliphatic rings. The lowest BCUT2D eigenvalue weighted by atomic mass is 10.1. The van der Waals surface area contributed by atoms with E-state index in [2.05, 4.69) is 99.6 Å². The minimum absolute atomic E-state index is 0.0112. The molecule has 4 nitrogen and oxygen atoms in total. The number of rotatable bonds is 9. The van der Waals surface area contributed by atoms with E-state index in [1.807, 2.05) is 19.9 Å². The lowest BCUT2D eigenvalue weighted by Gasteiger charge is -2.21. The predicted molar refractivity (Wildman–Crippen MR) is 142 cm³/mol. The second kappa shape index (κ2) is 12.5. The van der Waals surface area contributed by atoms with Gasteiger partial charge < -0.3 is 14.9 Å². The third-order valence-corrected chi connectivity index (χ3v) is 6.79. The molecular weight excluding hydrogens is 432 g/mol. The number of nitrogens with zero attached hydrogens (tertiary/aromatic N) is 2. The normalized spacial score (nSPS) is 13.8. The van der Waals surface area contributed by atoms with Gasteiger partial charge in [0.15, 0.2) is 0 Å². The van der Waals surface area contributed by atoms with Crippen LogP contribution in [0.1, 0.15) is 43.5 Å². The van der Waals surface area contributed by atoms with E-state index in [0.717, 1.165) is 30.0 Å². The van der Waals surface area contributed by atoms with Crippen LogP contribution in [0.3, 0.4) is 0 Å². The Morgan fingerprint density at radius 1 is 1.06 bits per heavy atom. The van der Waals surface area contributed by atoms with Crippen LogP contribution >= 0.6 is 23.7 Å². The third-order valence-electron chi connectivity index (χ3n) is 4.90. The monoisotopic (exact) mass is 464 g/mol. The van der Waals surface area contributed by atoms with E-state index >= 15 is 0 Å². The highest BCUT2D eigenvalue weighted by Crippen LogP contribution is 2.33. The van der Waals surface area contributed by atoms with Gasteiger partial charge in [0.05, 0.1) is 10.7 Å². The van der Waals surface area contributed by atoms with Crippen molar-refractivity contribution in [1.29, 1.82) is 0 Å². The van der Waals surface area contributed by atoms with Gasteiger partial charge in [-0.05, 0) is 55.3 Å². The van der Waals surface area contributed by atoms with E-state index < -0.39 is 0 Å². The lowest BCUT2D eigenvalue weighted by molar-refractivity contribution is 0.846. The van der Waals surface area contributed by atoms with Gasteiger partial charge in [0, 0.05) is 35.2 Å². The molecule has 1 unspecified atom stereocenters. The second-order valence-electron chi connectivity index (χ2n) is 7.00. The molecule has 2 aromatic heterocycles. The van der Waals surface area contributed by atoms with E-state index in [4.69, 9.17) is 5.73 Å². The summed E-state index contributed by atoms with van der Waals surface area (Å²) in [4.78, 5) is 0. The summed E-state index contributed by atoms with van der Waals surface area (Å²) in [6, 6.07) is 18.8. The molecule has 3 N–H and O–H groups in total. The summed E-state index contributed by atoms with van der Waals surface area (Å²) in [6.07, 6.45) is 13.0. The molecule has 3 aromatic rings. The van der Waals surface area contributed by atoms with Gasteiger partial charge in [0.1, 0.15) is 5.37 Å². The fraction of sp³-hybridized carbons (Fsp3) is 0.231. The van der Waals surface area contributed by atoms with Crippen molar-refractivity contribution in [1.82, 2.24) is 13.9 Å². The van der Waals surface area contributed by atoms with Crippen LogP contribution in [0.4, 0.5) is 0 Å². The Hall–Kier alpha value is -2.54. The SMILES string of the molecule is C=C(N)SC(NSCc1cccn1C1=CC=CCC1)c1cccn1-c1ccccc1.CC. The van der Waals surface area contributed by atoms with E-state index in [-0.39, 0.29) is 5.37 Å². The largest absolute Gasteiger partial charge is 0.394 e. The first-order chi connectivity index (χ1) is 15.7. The molecule has 32 heavy (non-hydrogen) atoms. The molecule has 0 bridgehead atoms. The fourth-order valence-electron chi connectivity index (χ4n) is 3.52. The van der Waals surface area contributed by atoms with Crippen LogP contribution in [-0.4, -0.2) is 9.13 Å². The van der Waals surface area contributed by atoms with Gasteiger partial charge in [-0.3, -0.25) is 0 Å². The molecule has 0 aliphatic heterocycles. The van der Waals surface area contributed by atoms with Crippen LogP contribution in [0, 0.1) is 0 Å². The third kappa shape index (κ3) is 6.25. The van der Waals surface area contributed by atoms with Crippen molar-refractivity contribution < 1.29 is 0 Å². The van der Waals surface area contributed by atoms with Gasteiger partial charge in [-0.2, -0.15) is 0 Å². The maximum Gasteiger partial charge on any atom is 0.109 e. The quantitative estimate of drug-likeness (QED) is 0.262. The number of benzene rings is 1. The highest BCUT2D eigenvalue weighted by atomic mass is 32.2. The number of hydrogen-bond acceptors (Lipinski definition) is 4. The standard InChI is InChI=1S/C24H26N4S2.C2H6/c1-19(25)30-24(23-15-9-17-28(23)21-12-6-3-7-13-21)26-29-18-22-14-8-16-27(22)20-10-4-2-5-11-20;1-2/h2-4,6-10,12-17,24,26H,1,5,11,18,25H2;1-2H3. The highest BCUT2D eigenvalue weighted by Gasteiger charge is 2.18. The molecule has 2 heterocycles. The van der Waals surface area contributed by atoms with E-state index in [1.165, 1.54) is 23.2 Å². The van der Waals surface area contributed by atoms with Crippen molar-refractivity contribution in [2.24, 2.45) is 5.73 Å². The Kier molecular flexibility index (Phi) is 9.41. The number of nitrogens with one attached hydrogen (secondary N) is 1. The fourth-order valence-corrected chi connectivity index (χ4v) is 5.27. The van der Waals surface area contributed by atoms with Crippen LogP contribution in [0.2, 0.25) is 0 Å². The molecule has 4 rings (SSSR count). The summed E-state index contributed by atoms with van der Waals surface area (Å²) in [5.74, 6) is 0.855. The smallest absolute Gasteiger partial charge is 0.109 e. The minimum atomic E-state index is -0.0112. The maximum absolute atomic E-state index is 5.97. The average molecular weight is 465 g/mol. The Balaban J connectivity index is 0.00000141. The maximum atomic E-state index is 5.97. The molecule has 1 aromatic carbocycles. The summed E-state index contributed by atoms with van der Waals surface area (Å²) < 4.78 is 8.09. The van der Waals surface area contributed by atoms with Gasteiger partial charge in [-0.15, -0.1) is 0 Å². The molecule has 1 aliphatic carbocycles. The highest BCUT2D eigenvalue weighted by molar-refractivity contribution is 8.04. The first-order valence-electron chi connectivity index (χ1n) is 11.0. The second-order valence-corrected chi connectivity index (χ2v) is 9.05. The van der Waals surface area contributed by atoms with Gasteiger partial charge in [0.2, 0.25) is 0 Å². The minimum Gasteiger partial charge on any atom is -0.394 e. The van der Waals surface area contributed by atoms with Crippen LogP contribution in [0.15, 0.2) is 96.8 Å². The molecule has 0 spiro atoms. The zero-order valence-corrected chi connectivity index (χ0v) is 20.4. The summed E-state index contributed by atoms with van der Waals surface area (Å²) in [5.41, 5.74) is 10.9. The molecule has 0 radical (unpaired) electrons. The Morgan fingerprint density at radius 3 is 2.53 bits per heavy atom. The number of hydrogen-bond donors (Lipinski definition) is 2. The van der Waals surface area contributed by atoms with E-state index in [9.17, 15) is 0 Å². The van der Waals surface area contributed by atoms with Crippen molar-refractivity contribution in [2.75, 3.05) is 0 Å². The lowest BCUT2D eigenvalue weighted by Crippen LogP contribution is -2.16. The van der Waals surface area contributed by atoms with Crippen molar-refractivity contribution >= 4 is 29.4 Å². The zero-order chi connectivity index (χ0) is 22.8. The van der Waals surface area contributed by atoms with Gasteiger partial charge in [0.25, 0.3) is 0 Å². The van der Waals surface area contributed by atoms with Crippen molar-refractivity contribution in [2.45, 2.75) is 37.8 Å². The molecule has 1 atom stereocenters. The van der Waals surface area contributed by atoms with E-state index in [0.29, 0.717) is 5.03 Å². The molecule has 0 saturated carbocycles. The number of nitrogens with two attached hydrogens (primary N) is 1. The molecular formula is C26H32N4S2. The van der Waals surface area contributed by atoms with Crippen LogP contribution in [-0.2, 0) is 5.75 Å². The molecule has 168 valence electrons. The number of para-hydroxylation sites is 1. The first kappa shape index (κ1) is 24.1. The summed E-state index contributed by atoms with van der Waals surface area (Å²) in [7, 11) is 0. The van der Waals surface area contributed by atoms with Crippen LogP contribution < -0.4 is 10.5 Å². The van der Waals surface area contributed by atoms with E-state index in [1.54, 1.807) is 11.9 Å². The predicted octanol–water partition coefficient (Wildman–Crippen LogP) is 7.10. The van der Waals surface area contributed by atoms with Crippen molar-refractivity contribution in [3.63, 3.8) is 0 Å². The zero-order valence-electron chi connectivity index (χ0n) is 18.8. The Morgan fingerprint density at radius 2 is 1.81 bits per heavy atom. The molecule has 6 heteroatoms. The summed E-state index contributed by atoms with van der Waals surface area (Å²) >= 11 is 3.23. The summed E-state index contributed by atoms with van der Waals surface area (Å²) in [6.45, 7) is 7.90. The van der Waals surface area contributed by atoms with Crippen molar-refractivity contribution in [3.05, 3.63) is 108 Å². The molecule has 0 amide bonds. The van der Waals surface area contributed by atoms with Gasteiger partial charge >= 0.3 is 0 Å². The molecule has 0 fully saturated rings. The van der Waals surface area contributed by atoms with Crippen LogP contribution in [0.25, 0.3) is 11.4 Å². The van der Waals surface area contributed by atoms with Gasteiger partial charge in [-0.1, -0.05) is 74.5 Å². The Labute approximate surface area is 200 Å². The first-order valence-corrected chi connectivity index (χ1v) is 12.8. The number of thioether (sulfide) groups is 1. The van der Waals surface area contributed by atoms with Crippen molar-refractivity contribution in [3.8, 4) is 5.69 Å². The van der Waals surface area contributed by atoms with Crippen LogP contribution in [0.5, 0.6) is 0 Å². The van der Waals surface area contributed by atoms with Gasteiger partial charge in [-0.25, -0.2) is 4.72 Å². The number of allylic oxidation sites excluding steroid dienone is 4. The average Bonchev–Trinajstić information content (AvgIpc) is 3.51. The topological polar surface area (TPSA) is 47.9 Å². The number of aromatic nitrogens is 2.